The Kier molecular flexibility index (Phi) is 4.03. The predicted octanol–water partition coefficient (Wildman–Crippen LogP) is 2.68. The van der Waals surface area contributed by atoms with Crippen LogP contribution in [-0.4, -0.2) is 28.5 Å². The first-order valence-electron chi connectivity index (χ1n) is 8.85. The molecular formula is C19H22N4O3. The highest BCUT2D eigenvalue weighted by Crippen LogP contribution is 2.59. The number of carbonyl (C=O) groups is 1. The summed E-state index contributed by atoms with van der Waals surface area (Å²) in [7, 11) is 0. The largest absolute Gasteiger partial charge is 0.492 e. The number of hydrogen-bond acceptors (Lipinski definition) is 6. The van der Waals surface area contributed by atoms with Gasteiger partial charge in [-0.3, -0.25) is 4.79 Å². The first-order chi connectivity index (χ1) is 12.5. The van der Waals surface area contributed by atoms with Crippen LogP contribution in [-0.2, 0) is 10.2 Å². The zero-order chi connectivity index (χ0) is 18.3. The Morgan fingerprint density at radius 1 is 1.38 bits per heavy atom. The van der Waals surface area contributed by atoms with Crippen LogP contribution in [0.25, 0.3) is 0 Å². The van der Waals surface area contributed by atoms with Crippen LogP contribution in [0.4, 0.5) is 5.69 Å². The van der Waals surface area contributed by atoms with Gasteiger partial charge in [-0.15, -0.1) is 0 Å². The predicted molar refractivity (Wildman–Crippen MR) is 96.6 cm³/mol. The summed E-state index contributed by atoms with van der Waals surface area (Å²) in [5.41, 5.74) is 8.53. The SMILES string of the molecule is CCC(N)C(=O)Nc1cnc(Oc2ccc(C)c3c2C2(CC2)CO3)nc1. The zero-order valence-corrected chi connectivity index (χ0v) is 14.9. The maximum Gasteiger partial charge on any atom is 0.322 e. The van der Waals surface area contributed by atoms with Gasteiger partial charge in [0.25, 0.3) is 0 Å². The van der Waals surface area contributed by atoms with E-state index in [1.807, 2.05) is 26.0 Å². The van der Waals surface area contributed by atoms with Crippen molar-refractivity contribution in [3.63, 3.8) is 0 Å². The molecule has 0 radical (unpaired) electrons. The Labute approximate surface area is 151 Å². The van der Waals surface area contributed by atoms with Crippen LogP contribution in [0.5, 0.6) is 17.5 Å². The molecule has 2 aromatic rings. The summed E-state index contributed by atoms with van der Waals surface area (Å²) in [4.78, 5) is 20.2. The number of amides is 1. The number of benzene rings is 1. The van der Waals surface area contributed by atoms with Crippen molar-refractivity contribution in [2.24, 2.45) is 5.73 Å². The smallest absolute Gasteiger partial charge is 0.322 e. The summed E-state index contributed by atoms with van der Waals surface area (Å²) in [6.07, 6.45) is 5.82. The third-order valence-electron chi connectivity index (χ3n) is 5.07. The lowest BCUT2D eigenvalue weighted by Gasteiger charge is -2.13. The first-order valence-corrected chi connectivity index (χ1v) is 8.85. The highest BCUT2D eigenvalue weighted by molar-refractivity contribution is 5.94. The van der Waals surface area contributed by atoms with Gasteiger partial charge in [0.05, 0.1) is 30.7 Å². The molecular weight excluding hydrogens is 332 g/mol. The average Bonchev–Trinajstić information content (AvgIpc) is 3.32. The summed E-state index contributed by atoms with van der Waals surface area (Å²) in [6, 6.07) is 3.62. The van der Waals surface area contributed by atoms with Crippen molar-refractivity contribution in [2.45, 2.75) is 44.6 Å². The fourth-order valence-corrected chi connectivity index (χ4v) is 3.22. The lowest BCUT2D eigenvalue weighted by atomic mass is 9.95. The van der Waals surface area contributed by atoms with Crippen molar-refractivity contribution in [1.82, 2.24) is 9.97 Å². The van der Waals surface area contributed by atoms with Gasteiger partial charge in [0.15, 0.2) is 0 Å². The van der Waals surface area contributed by atoms with Gasteiger partial charge in [-0.1, -0.05) is 13.0 Å². The number of rotatable bonds is 5. The minimum Gasteiger partial charge on any atom is -0.492 e. The van der Waals surface area contributed by atoms with E-state index in [0.29, 0.717) is 18.7 Å². The van der Waals surface area contributed by atoms with E-state index in [2.05, 4.69) is 15.3 Å². The molecule has 1 spiro atoms. The molecule has 1 aliphatic carbocycles. The number of anilines is 1. The van der Waals surface area contributed by atoms with Crippen molar-refractivity contribution >= 4 is 11.6 Å². The summed E-state index contributed by atoms with van der Waals surface area (Å²) >= 11 is 0. The Bertz CT molecular complexity index is 847. The van der Waals surface area contributed by atoms with Gasteiger partial charge < -0.3 is 20.5 Å². The topological polar surface area (TPSA) is 99.4 Å². The molecule has 1 amide bonds. The van der Waals surface area contributed by atoms with Crippen LogP contribution in [0.3, 0.4) is 0 Å². The normalized spacial score (nSPS) is 17.3. The Balaban J connectivity index is 1.53. The van der Waals surface area contributed by atoms with Crippen molar-refractivity contribution < 1.29 is 14.3 Å². The first kappa shape index (κ1) is 16.8. The van der Waals surface area contributed by atoms with Gasteiger partial charge in [-0.2, -0.15) is 0 Å². The van der Waals surface area contributed by atoms with Gasteiger partial charge in [0.1, 0.15) is 11.5 Å². The molecule has 0 bridgehead atoms. The van der Waals surface area contributed by atoms with Gasteiger partial charge >= 0.3 is 6.01 Å². The van der Waals surface area contributed by atoms with Crippen LogP contribution < -0.4 is 20.5 Å². The molecule has 2 heterocycles. The van der Waals surface area contributed by atoms with E-state index in [4.69, 9.17) is 15.2 Å². The van der Waals surface area contributed by atoms with Gasteiger partial charge in [-0.25, -0.2) is 9.97 Å². The second-order valence-corrected chi connectivity index (χ2v) is 7.01. The number of carbonyl (C=O) groups excluding carboxylic acids is 1. The molecule has 26 heavy (non-hydrogen) atoms. The number of ether oxygens (including phenoxy) is 2. The summed E-state index contributed by atoms with van der Waals surface area (Å²) in [5.74, 6) is 1.41. The Hall–Kier alpha value is -2.67. The fourth-order valence-electron chi connectivity index (χ4n) is 3.22. The van der Waals surface area contributed by atoms with Gasteiger partial charge in [0.2, 0.25) is 5.91 Å². The standard InChI is InChI=1S/C19H22N4O3/c1-3-13(20)17(24)23-12-8-21-18(22-9-12)26-14-5-4-11(2)16-15(14)19(6-7-19)10-25-16/h4-5,8-9,13H,3,6-7,10,20H2,1-2H3,(H,23,24). The Morgan fingerprint density at radius 2 is 2.12 bits per heavy atom. The molecule has 4 rings (SSSR count). The highest BCUT2D eigenvalue weighted by Gasteiger charge is 2.53. The lowest BCUT2D eigenvalue weighted by molar-refractivity contribution is -0.117. The average molecular weight is 354 g/mol. The van der Waals surface area contributed by atoms with Crippen LogP contribution in [0.1, 0.15) is 37.3 Å². The fraction of sp³-hybridized carbons (Fsp3) is 0.421. The highest BCUT2D eigenvalue weighted by atomic mass is 16.5. The molecule has 7 nitrogen and oxygen atoms in total. The molecule has 1 unspecified atom stereocenters. The second-order valence-electron chi connectivity index (χ2n) is 7.01. The molecule has 1 saturated carbocycles. The van der Waals surface area contributed by atoms with E-state index in [1.165, 1.54) is 12.4 Å². The molecule has 1 fully saturated rings. The molecule has 1 aliphatic heterocycles. The van der Waals surface area contributed by atoms with Crippen LogP contribution in [0.2, 0.25) is 0 Å². The van der Waals surface area contributed by atoms with Crippen LogP contribution in [0.15, 0.2) is 24.5 Å². The number of aryl methyl sites for hydroxylation is 1. The van der Waals surface area contributed by atoms with Crippen LogP contribution in [0, 0.1) is 6.92 Å². The van der Waals surface area contributed by atoms with Crippen molar-refractivity contribution in [1.29, 1.82) is 0 Å². The molecule has 0 saturated heterocycles. The maximum atomic E-state index is 11.8. The third-order valence-corrected chi connectivity index (χ3v) is 5.07. The van der Waals surface area contributed by atoms with Crippen molar-refractivity contribution in [2.75, 3.05) is 11.9 Å². The molecule has 136 valence electrons. The number of fused-ring (bicyclic) bond motifs is 2. The van der Waals surface area contributed by atoms with Crippen molar-refractivity contribution in [3.8, 4) is 17.5 Å². The number of hydrogen-bond donors (Lipinski definition) is 2. The van der Waals surface area contributed by atoms with Gasteiger partial charge in [-0.05, 0) is 37.8 Å². The quantitative estimate of drug-likeness (QED) is 0.856. The van der Waals surface area contributed by atoms with Crippen LogP contribution >= 0.6 is 0 Å². The number of aromatic nitrogens is 2. The number of nitrogens with one attached hydrogen (secondary N) is 1. The Morgan fingerprint density at radius 3 is 2.77 bits per heavy atom. The molecule has 2 aliphatic rings. The maximum absolute atomic E-state index is 11.8. The number of nitrogens with zero attached hydrogens (tertiary/aromatic N) is 2. The van der Waals surface area contributed by atoms with E-state index in [1.54, 1.807) is 0 Å². The number of nitrogens with two attached hydrogens (primary N) is 1. The molecule has 1 aromatic heterocycles. The molecule has 1 atom stereocenters. The van der Waals surface area contributed by atoms with E-state index < -0.39 is 6.04 Å². The molecule has 3 N–H and O–H groups in total. The van der Waals surface area contributed by atoms with E-state index in [9.17, 15) is 4.79 Å². The van der Waals surface area contributed by atoms with Crippen molar-refractivity contribution in [3.05, 3.63) is 35.7 Å². The summed E-state index contributed by atoms with van der Waals surface area (Å²) in [6.45, 7) is 4.61. The monoisotopic (exact) mass is 354 g/mol. The van der Waals surface area contributed by atoms with E-state index in [-0.39, 0.29) is 17.3 Å². The molecule has 1 aromatic carbocycles. The minimum atomic E-state index is -0.546. The van der Waals surface area contributed by atoms with E-state index >= 15 is 0 Å². The lowest BCUT2D eigenvalue weighted by Crippen LogP contribution is -2.34. The zero-order valence-electron chi connectivity index (χ0n) is 14.9. The minimum absolute atomic E-state index is 0.0981. The summed E-state index contributed by atoms with van der Waals surface area (Å²) < 4.78 is 11.8. The van der Waals surface area contributed by atoms with E-state index in [0.717, 1.165) is 35.5 Å². The third kappa shape index (κ3) is 2.88. The second kappa shape index (κ2) is 6.25. The summed E-state index contributed by atoms with van der Waals surface area (Å²) in [5, 5.41) is 2.69. The molecule has 7 heteroatoms. The van der Waals surface area contributed by atoms with Gasteiger partial charge in [0, 0.05) is 11.0 Å².